The third-order valence-corrected chi connectivity index (χ3v) is 2.37. The highest BCUT2D eigenvalue weighted by Crippen LogP contribution is 2.11. The Kier molecular flexibility index (Phi) is 4.65. The van der Waals surface area contributed by atoms with Gasteiger partial charge in [-0.2, -0.15) is 0 Å². The van der Waals surface area contributed by atoms with E-state index in [1.54, 1.807) is 6.92 Å². The van der Waals surface area contributed by atoms with E-state index in [9.17, 15) is 14.0 Å². The average molecular weight is 254 g/mol. The molecule has 1 atom stereocenters. The van der Waals surface area contributed by atoms with Gasteiger partial charge in [-0.3, -0.25) is 9.59 Å². The van der Waals surface area contributed by atoms with E-state index in [1.807, 2.05) is 0 Å². The van der Waals surface area contributed by atoms with Crippen molar-refractivity contribution in [1.82, 2.24) is 5.32 Å². The molecule has 1 aromatic rings. The van der Waals surface area contributed by atoms with Crippen LogP contribution in [-0.4, -0.2) is 23.5 Å². The lowest BCUT2D eigenvalue weighted by molar-refractivity contribution is -0.137. The van der Waals surface area contributed by atoms with Crippen molar-refractivity contribution in [1.29, 1.82) is 0 Å². The van der Waals surface area contributed by atoms with Crippen molar-refractivity contribution >= 4 is 17.6 Å². The first-order valence-corrected chi connectivity index (χ1v) is 5.45. The monoisotopic (exact) mass is 254 g/mol. The second kappa shape index (κ2) is 6.00. The number of carbonyl (C=O) groups excluding carboxylic acids is 1. The van der Waals surface area contributed by atoms with Crippen molar-refractivity contribution in [2.75, 3.05) is 12.3 Å². The van der Waals surface area contributed by atoms with E-state index in [0.29, 0.717) is 0 Å². The van der Waals surface area contributed by atoms with E-state index in [0.717, 1.165) is 6.07 Å². The van der Waals surface area contributed by atoms with Crippen LogP contribution in [0.1, 0.15) is 23.7 Å². The van der Waals surface area contributed by atoms with Crippen molar-refractivity contribution < 1.29 is 19.1 Å². The average Bonchev–Trinajstić information content (AvgIpc) is 2.25. The standard InChI is InChI=1S/C12H15FN2O3/c1-7(4-11(16)17)6-15-12(18)9-3-2-8(14)5-10(9)13/h2-3,5,7H,4,6,14H2,1H3,(H,15,18)(H,16,17). The summed E-state index contributed by atoms with van der Waals surface area (Å²) >= 11 is 0. The number of benzene rings is 1. The highest BCUT2D eigenvalue weighted by atomic mass is 19.1. The summed E-state index contributed by atoms with van der Waals surface area (Å²) in [5.74, 6) is -2.43. The number of amides is 1. The molecule has 0 aliphatic carbocycles. The van der Waals surface area contributed by atoms with Crippen LogP contribution in [0.2, 0.25) is 0 Å². The Bertz CT molecular complexity index is 463. The molecule has 1 aromatic carbocycles. The molecule has 0 bridgehead atoms. The third-order valence-electron chi connectivity index (χ3n) is 2.37. The van der Waals surface area contributed by atoms with Crippen LogP contribution >= 0.6 is 0 Å². The lowest BCUT2D eigenvalue weighted by Crippen LogP contribution is -2.29. The SMILES string of the molecule is CC(CNC(=O)c1ccc(N)cc1F)CC(=O)O. The number of nitrogens with one attached hydrogen (secondary N) is 1. The van der Waals surface area contributed by atoms with Gasteiger partial charge in [0, 0.05) is 18.7 Å². The van der Waals surface area contributed by atoms with Crippen molar-refractivity contribution in [3.05, 3.63) is 29.6 Å². The Morgan fingerprint density at radius 2 is 2.17 bits per heavy atom. The highest BCUT2D eigenvalue weighted by molar-refractivity contribution is 5.94. The van der Waals surface area contributed by atoms with Crippen LogP contribution in [0, 0.1) is 11.7 Å². The smallest absolute Gasteiger partial charge is 0.303 e. The van der Waals surface area contributed by atoms with Crippen LogP contribution in [0.15, 0.2) is 18.2 Å². The van der Waals surface area contributed by atoms with Gasteiger partial charge in [-0.15, -0.1) is 0 Å². The molecule has 0 heterocycles. The molecule has 4 N–H and O–H groups in total. The number of hydrogen-bond donors (Lipinski definition) is 3. The van der Waals surface area contributed by atoms with Gasteiger partial charge in [0.25, 0.3) is 5.91 Å². The molecule has 0 aliphatic rings. The van der Waals surface area contributed by atoms with Crippen LogP contribution in [0.25, 0.3) is 0 Å². The van der Waals surface area contributed by atoms with Crippen LogP contribution in [-0.2, 0) is 4.79 Å². The second-order valence-electron chi connectivity index (χ2n) is 4.15. The van der Waals surface area contributed by atoms with Crippen molar-refractivity contribution in [3.63, 3.8) is 0 Å². The summed E-state index contributed by atoms with van der Waals surface area (Å²) in [7, 11) is 0. The topological polar surface area (TPSA) is 92.4 Å². The number of anilines is 1. The van der Waals surface area contributed by atoms with Crippen molar-refractivity contribution in [2.45, 2.75) is 13.3 Å². The number of carboxylic acid groups (broad SMARTS) is 1. The minimum absolute atomic E-state index is 0.0511. The molecule has 0 aliphatic heterocycles. The van der Waals surface area contributed by atoms with E-state index < -0.39 is 17.7 Å². The number of carboxylic acids is 1. The van der Waals surface area contributed by atoms with Gasteiger partial charge in [0.05, 0.1) is 5.56 Å². The molecule has 5 nitrogen and oxygen atoms in total. The number of halogens is 1. The molecule has 0 saturated heterocycles. The van der Waals surface area contributed by atoms with Crippen molar-refractivity contribution in [3.8, 4) is 0 Å². The number of nitrogen functional groups attached to an aromatic ring is 1. The van der Waals surface area contributed by atoms with Crippen LogP contribution in [0.4, 0.5) is 10.1 Å². The van der Waals surface area contributed by atoms with E-state index in [4.69, 9.17) is 10.8 Å². The highest BCUT2D eigenvalue weighted by Gasteiger charge is 2.13. The van der Waals surface area contributed by atoms with E-state index >= 15 is 0 Å². The molecule has 1 rings (SSSR count). The van der Waals surface area contributed by atoms with Gasteiger partial charge in [-0.1, -0.05) is 6.92 Å². The zero-order chi connectivity index (χ0) is 13.7. The minimum atomic E-state index is -0.935. The fraction of sp³-hybridized carbons (Fsp3) is 0.333. The molecule has 18 heavy (non-hydrogen) atoms. The van der Waals surface area contributed by atoms with Gasteiger partial charge in [-0.25, -0.2) is 4.39 Å². The molecule has 6 heteroatoms. The summed E-state index contributed by atoms with van der Waals surface area (Å²) < 4.78 is 13.4. The number of carbonyl (C=O) groups is 2. The number of nitrogens with two attached hydrogens (primary N) is 1. The van der Waals surface area contributed by atoms with Gasteiger partial charge >= 0.3 is 5.97 Å². The first kappa shape index (κ1) is 14.0. The summed E-state index contributed by atoms with van der Waals surface area (Å²) in [4.78, 5) is 22.1. The summed E-state index contributed by atoms with van der Waals surface area (Å²) in [6.45, 7) is 1.86. The van der Waals surface area contributed by atoms with Gasteiger partial charge in [0.15, 0.2) is 0 Å². The Balaban J connectivity index is 2.58. The number of aliphatic carboxylic acids is 1. The quantitative estimate of drug-likeness (QED) is 0.689. The summed E-state index contributed by atoms with van der Waals surface area (Å²) in [5.41, 5.74) is 5.50. The molecule has 1 unspecified atom stereocenters. The normalized spacial score (nSPS) is 11.9. The second-order valence-corrected chi connectivity index (χ2v) is 4.15. The van der Waals surface area contributed by atoms with Gasteiger partial charge < -0.3 is 16.2 Å². The van der Waals surface area contributed by atoms with Crippen LogP contribution in [0.5, 0.6) is 0 Å². The zero-order valence-electron chi connectivity index (χ0n) is 9.94. The first-order valence-electron chi connectivity index (χ1n) is 5.45. The van der Waals surface area contributed by atoms with Gasteiger partial charge in [-0.05, 0) is 24.1 Å². The molecule has 98 valence electrons. The van der Waals surface area contributed by atoms with Crippen molar-refractivity contribution in [2.24, 2.45) is 5.92 Å². The summed E-state index contributed by atoms with van der Waals surface area (Å²) in [5, 5.41) is 11.0. The van der Waals surface area contributed by atoms with Gasteiger partial charge in [0.2, 0.25) is 0 Å². The summed E-state index contributed by atoms with van der Waals surface area (Å²) in [6, 6.07) is 3.79. The predicted octanol–water partition coefficient (Wildman–Crippen LogP) is 1.25. The Hall–Kier alpha value is -2.11. The first-order chi connectivity index (χ1) is 8.40. The maximum atomic E-state index is 13.4. The molecular weight excluding hydrogens is 239 g/mol. The molecule has 0 aromatic heterocycles. The summed E-state index contributed by atoms with van der Waals surface area (Å²) in [6.07, 6.45) is -0.0511. The van der Waals surface area contributed by atoms with E-state index in [2.05, 4.69) is 5.32 Å². The molecule has 0 spiro atoms. The maximum Gasteiger partial charge on any atom is 0.303 e. The van der Waals surface area contributed by atoms with Crippen LogP contribution in [0.3, 0.4) is 0 Å². The fourth-order valence-corrected chi connectivity index (χ4v) is 1.45. The largest absolute Gasteiger partial charge is 0.481 e. The predicted molar refractivity (Wildman–Crippen MR) is 64.6 cm³/mol. The molecule has 0 saturated carbocycles. The number of rotatable bonds is 5. The molecule has 0 fully saturated rings. The minimum Gasteiger partial charge on any atom is -0.481 e. The third kappa shape index (κ3) is 4.04. The lowest BCUT2D eigenvalue weighted by atomic mass is 10.1. The van der Waals surface area contributed by atoms with Gasteiger partial charge in [0.1, 0.15) is 5.82 Å². The maximum absolute atomic E-state index is 13.4. The van der Waals surface area contributed by atoms with Crippen LogP contribution < -0.4 is 11.1 Å². The van der Waals surface area contributed by atoms with E-state index in [1.165, 1.54) is 12.1 Å². The Morgan fingerprint density at radius 3 is 2.72 bits per heavy atom. The van der Waals surface area contributed by atoms with E-state index in [-0.39, 0.29) is 30.1 Å². The lowest BCUT2D eigenvalue weighted by Gasteiger charge is -2.10. The Morgan fingerprint density at radius 1 is 1.50 bits per heavy atom. The zero-order valence-corrected chi connectivity index (χ0v) is 9.94. The molecule has 1 amide bonds. The Labute approximate surface area is 104 Å². The number of hydrogen-bond acceptors (Lipinski definition) is 3. The molecule has 0 radical (unpaired) electrons. The molecular formula is C12H15FN2O3. The fourth-order valence-electron chi connectivity index (χ4n) is 1.45.